The Hall–Kier alpha value is -2.54. The van der Waals surface area contributed by atoms with Gasteiger partial charge in [-0.1, -0.05) is 60.5 Å². The SMILES string of the molecule is [2H]c1cc([2H])c(-c2c([2H])c([2H])c(C)c3c2oc2c([2H])c([2H])c([2H])c([2H])c23)c([2H])c1. The van der Waals surface area contributed by atoms with Gasteiger partial charge in [-0.15, -0.1) is 0 Å². The molecule has 0 aliphatic rings. The summed E-state index contributed by atoms with van der Waals surface area (Å²) in [6, 6.07) is 0.00716. The van der Waals surface area contributed by atoms with Crippen molar-refractivity contribution in [3.8, 4) is 11.1 Å². The van der Waals surface area contributed by atoms with Crippen LogP contribution in [0.5, 0.6) is 0 Å². The molecule has 0 N–H and O–H groups in total. The first-order chi connectivity index (χ1) is 13.6. The maximum atomic E-state index is 8.44. The van der Waals surface area contributed by atoms with Gasteiger partial charge in [0.2, 0.25) is 0 Å². The van der Waals surface area contributed by atoms with Crippen molar-refractivity contribution in [3.63, 3.8) is 0 Å². The molecule has 0 fully saturated rings. The van der Waals surface area contributed by atoms with Crippen molar-refractivity contribution in [2.75, 3.05) is 0 Å². The molecule has 0 aliphatic carbocycles. The fourth-order valence-corrected chi connectivity index (χ4v) is 2.26. The number of furan rings is 1. The van der Waals surface area contributed by atoms with E-state index in [-0.39, 0.29) is 75.4 Å². The molecule has 0 aliphatic heterocycles. The topological polar surface area (TPSA) is 13.1 Å². The van der Waals surface area contributed by atoms with Crippen molar-refractivity contribution < 1.29 is 16.8 Å². The third-order valence-corrected chi connectivity index (χ3v) is 3.16. The molecule has 4 rings (SSSR count). The smallest absolute Gasteiger partial charge is 0.143 e. The van der Waals surface area contributed by atoms with Crippen molar-refractivity contribution >= 4 is 21.9 Å². The van der Waals surface area contributed by atoms with Gasteiger partial charge in [0.1, 0.15) is 11.2 Å². The number of hydrogen-bond donors (Lipinski definition) is 0. The van der Waals surface area contributed by atoms with Crippen LogP contribution in [-0.2, 0) is 0 Å². The Kier molecular flexibility index (Phi) is 1.16. The summed E-state index contributed by atoms with van der Waals surface area (Å²) in [6.45, 7) is 1.57. The van der Waals surface area contributed by atoms with Crippen LogP contribution in [-0.4, -0.2) is 0 Å². The minimum absolute atomic E-state index is 0.00124. The van der Waals surface area contributed by atoms with Crippen molar-refractivity contribution in [1.82, 2.24) is 0 Å². The van der Waals surface area contributed by atoms with E-state index in [9.17, 15) is 0 Å². The van der Waals surface area contributed by atoms with Crippen LogP contribution in [0.2, 0.25) is 0 Å². The van der Waals surface area contributed by atoms with Crippen LogP contribution in [0.3, 0.4) is 0 Å². The van der Waals surface area contributed by atoms with Gasteiger partial charge in [-0.3, -0.25) is 0 Å². The summed E-state index contributed by atoms with van der Waals surface area (Å²) in [5.41, 5.74) is 0.255. The van der Waals surface area contributed by atoms with Crippen LogP contribution in [0.1, 0.15) is 17.9 Å². The zero-order chi connectivity index (χ0) is 21.4. The van der Waals surface area contributed by atoms with Gasteiger partial charge < -0.3 is 4.42 Å². The number of hydrogen-bond acceptors (Lipinski definition) is 1. The summed E-state index contributed by atoms with van der Waals surface area (Å²) >= 11 is 0. The van der Waals surface area contributed by atoms with Gasteiger partial charge in [-0.05, 0) is 24.1 Å². The quantitative estimate of drug-likeness (QED) is 0.440. The lowest BCUT2D eigenvalue weighted by molar-refractivity contribution is 0.670. The number of fused-ring (bicyclic) bond motifs is 3. The molecule has 0 spiro atoms. The Morgan fingerprint density at radius 3 is 2.55 bits per heavy atom. The van der Waals surface area contributed by atoms with Gasteiger partial charge in [0.25, 0.3) is 0 Å². The highest BCUT2D eigenvalue weighted by atomic mass is 16.3. The molecule has 20 heavy (non-hydrogen) atoms. The predicted molar refractivity (Wildman–Crippen MR) is 83.9 cm³/mol. The molecule has 1 heteroatoms. The van der Waals surface area contributed by atoms with Crippen molar-refractivity contribution in [3.05, 3.63) is 72.1 Å². The van der Waals surface area contributed by atoms with E-state index in [1.165, 1.54) is 12.1 Å². The first-order valence-electron chi connectivity index (χ1n) is 10.6. The summed E-state index contributed by atoms with van der Waals surface area (Å²) in [5.74, 6) is 0. The Bertz CT molecular complexity index is 1330. The number of rotatable bonds is 1. The van der Waals surface area contributed by atoms with Crippen LogP contribution in [0.4, 0.5) is 0 Å². The molecule has 0 saturated carbocycles. The van der Waals surface area contributed by atoms with E-state index in [0.29, 0.717) is 5.56 Å². The highest BCUT2D eigenvalue weighted by Crippen LogP contribution is 2.37. The lowest BCUT2D eigenvalue weighted by Crippen LogP contribution is -1.81. The first kappa shape index (κ1) is 5.45. The molecule has 3 aromatic carbocycles. The molecule has 0 atom stereocenters. The molecular weight excluding hydrogens is 244 g/mol. The fourth-order valence-electron chi connectivity index (χ4n) is 2.26. The van der Waals surface area contributed by atoms with Gasteiger partial charge in [0.15, 0.2) is 0 Å². The minimum atomic E-state index is -0.459. The Morgan fingerprint density at radius 2 is 1.70 bits per heavy atom. The third-order valence-electron chi connectivity index (χ3n) is 3.16. The van der Waals surface area contributed by atoms with E-state index in [1.54, 1.807) is 6.92 Å². The van der Waals surface area contributed by atoms with Gasteiger partial charge >= 0.3 is 0 Å². The molecule has 0 amide bonds. The van der Waals surface area contributed by atoms with Gasteiger partial charge in [0, 0.05) is 16.3 Å². The first-order valence-corrected chi connectivity index (χ1v) is 6.06. The monoisotopic (exact) mass is 267 g/mol. The van der Waals surface area contributed by atoms with Crippen LogP contribution in [0.25, 0.3) is 33.1 Å². The van der Waals surface area contributed by atoms with E-state index in [0.717, 1.165) is 0 Å². The van der Waals surface area contributed by atoms with Gasteiger partial charge in [-0.2, -0.15) is 0 Å². The molecule has 0 radical (unpaired) electrons. The maximum Gasteiger partial charge on any atom is 0.143 e. The molecule has 1 nitrogen and oxygen atoms in total. The van der Waals surface area contributed by atoms with Crippen LogP contribution >= 0.6 is 0 Å². The molecule has 4 aromatic rings. The molecule has 96 valence electrons. The summed E-state index contributed by atoms with van der Waals surface area (Å²) in [4.78, 5) is 0. The molecule has 0 unspecified atom stereocenters. The van der Waals surface area contributed by atoms with Gasteiger partial charge in [0.05, 0.1) is 12.3 Å². The molecule has 0 saturated heterocycles. The predicted octanol–water partition coefficient (Wildman–Crippen LogP) is 5.56. The van der Waals surface area contributed by atoms with Crippen LogP contribution < -0.4 is 0 Å². The van der Waals surface area contributed by atoms with E-state index < -0.39 is 12.1 Å². The Morgan fingerprint density at radius 1 is 0.900 bits per heavy atom. The average Bonchev–Trinajstić information content (AvgIpc) is 3.05. The number of para-hydroxylation sites is 1. The highest BCUT2D eigenvalue weighted by molar-refractivity contribution is 6.11. The summed E-state index contributed by atoms with van der Waals surface area (Å²) in [7, 11) is 0. The number of benzene rings is 3. The number of aryl methyl sites for hydroxylation is 1. The lowest BCUT2D eigenvalue weighted by atomic mass is 9.99. The largest absolute Gasteiger partial charge is 0.455 e. The van der Waals surface area contributed by atoms with E-state index in [4.69, 9.17) is 16.8 Å². The second kappa shape index (κ2) is 4.24. The zero-order valence-electron chi connectivity index (χ0n) is 19.6. The van der Waals surface area contributed by atoms with E-state index >= 15 is 0 Å². The van der Waals surface area contributed by atoms with E-state index in [1.807, 2.05) is 0 Å². The van der Waals surface area contributed by atoms with E-state index in [2.05, 4.69) is 0 Å². The zero-order valence-corrected chi connectivity index (χ0v) is 10.6. The van der Waals surface area contributed by atoms with Gasteiger partial charge in [-0.25, -0.2) is 0 Å². The molecule has 1 heterocycles. The average molecular weight is 267 g/mol. The van der Waals surface area contributed by atoms with Crippen LogP contribution in [0.15, 0.2) is 70.9 Å². The second-order valence-electron chi connectivity index (χ2n) is 4.38. The molecule has 1 aromatic heterocycles. The lowest BCUT2D eigenvalue weighted by Gasteiger charge is -2.04. The molecule has 0 bridgehead atoms. The summed E-state index contributed by atoms with van der Waals surface area (Å²) in [6.07, 6.45) is 0. The van der Waals surface area contributed by atoms with Crippen molar-refractivity contribution in [1.29, 1.82) is 0 Å². The molecular formula is C19H14O. The van der Waals surface area contributed by atoms with Crippen molar-refractivity contribution in [2.24, 2.45) is 0 Å². The standard InChI is InChI=1S/C19H14O/c1-13-11-12-15(14-7-3-2-4-8-14)19-18(13)16-9-5-6-10-17(16)20-19/h2-12H,1H3/i2D,5D,6D,7D,8D,9D,10D,11D,12D. The Balaban J connectivity index is 2.33. The van der Waals surface area contributed by atoms with Crippen molar-refractivity contribution in [2.45, 2.75) is 6.92 Å². The van der Waals surface area contributed by atoms with Crippen LogP contribution in [0, 0.1) is 6.92 Å². The highest BCUT2D eigenvalue weighted by Gasteiger charge is 2.13. The normalized spacial score (nSPS) is 17.6. The summed E-state index contributed by atoms with van der Waals surface area (Å²) in [5, 5.41) is 0.366. The Labute approximate surface area is 130 Å². The second-order valence-corrected chi connectivity index (χ2v) is 4.38. The third kappa shape index (κ3) is 1.56. The minimum Gasteiger partial charge on any atom is -0.455 e. The maximum absolute atomic E-state index is 8.44. The summed E-state index contributed by atoms with van der Waals surface area (Å²) < 4.78 is 79.0. The fraction of sp³-hybridized carbons (Fsp3) is 0.0526.